The number of aromatic hydroxyl groups is 1. The van der Waals surface area contributed by atoms with Crippen molar-refractivity contribution in [2.24, 2.45) is 17.8 Å². The highest BCUT2D eigenvalue weighted by molar-refractivity contribution is 9.12. The van der Waals surface area contributed by atoms with Crippen molar-refractivity contribution in [2.75, 3.05) is 0 Å². The van der Waals surface area contributed by atoms with Crippen molar-refractivity contribution in [3.8, 4) is 11.5 Å². The number of carbonyl (C=O) groups excluding carboxylic acids is 4. The number of Topliss-reactive ketones (excluding diaryl/α,β-unsaturated/α-hetero) is 1. The van der Waals surface area contributed by atoms with E-state index >= 15 is 0 Å². The molecule has 0 radical (unpaired) electrons. The minimum absolute atomic E-state index is 0.0578. The highest BCUT2D eigenvalue weighted by Crippen LogP contribution is 2.56. The summed E-state index contributed by atoms with van der Waals surface area (Å²) in [6.07, 6.45) is 8.67. The number of nitrogens with zero attached hydrogens (tertiary/aromatic N) is 1. The Kier molecular flexibility index (Phi) is 7.20. The summed E-state index contributed by atoms with van der Waals surface area (Å²) >= 11 is 3.27. The summed E-state index contributed by atoms with van der Waals surface area (Å²) in [6.45, 7) is 0.327. The van der Waals surface area contributed by atoms with E-state index in [9.17, 15) is 24.3 Å². The lowest BCUT2D eigenvalue weighted by Crippen LogP contribution is -2.43. The van der Waals surface area contributed by atoms with Crippen molar-refractivity contribution in [1.29, 1.82) is 0 Å². The molecule has 4 unspecified atom stereocenters. The molecule has 1 N–H and O–H groups in total. The maximum absolute atomic E-state index is 14.0. The van der Waals surface area contributed by atoms with Gasteiger partial charge in [-0.25, -0.2) is 0 Å². The van der Waals surface area contributed by atoms with Crippen LogP contribution in [-0.4, -0.2) is 39.4 Å². The first kappa shape index (κ1) is 28.0. The highest BCUT2D eigenvalue weighted by atomic mass is 79.9. The van der Waals surface area contributed by atoms with Crippen LogP contribution in [0.25, 0.3) is 0 Å². The number of phenols is 1. The van der Waals surface area contributed by atoms with Gasteiger partial charge in [0.15, 0.2) is 11.6 Å². The van der Waals surface area contributed by atoms with E-state index < -0.39 is 23.7 Å². The van der Waals surface area contributed by atoms with Crippen molar-refractivity contribution >= 4 is 39.3 Å². The number of rotatable bonds is 5. The van der Waals surface area contributed by atoms with E-state index in [0.29, 0.717) is 35.5 Å². The van der Waals surface area contributed by atoms with E-state index in [-0.39, 0.29) is 46.1 Å². The normalized spacial score (nSPS) is 27.4. The molecule has 8 heteroatoms. The van der Waals surface area contributed by atoms with Crippen LogP contribution in [0.3, 0.4) is 0 Å². The van der Waals surface area contributed by atoms with E-state index in [1.165, 1.54) is 17.0 Å². The minimum Gasteiger partial charge on any atom is -0.507 e. The van der Waals surface area contributed by atoms with Gasteiger partial charge in [-0.2, -0.15) is 0 Å². The zero-order valence-corrected chi connectivity index (χ0v) is 25.2. The summed E-state index contributed by atoms with van der Waals surface area (Å²) in [5.41, 5.74) is 2.98. The summed E-state index contributed by atoms with van der Waals surface area (Å²) < 4.78 is 6.10. The van der Waals surface area contributed by atoms with Gasteiger partial charge in [0.2, 0.25) is 11.8 Å². The predicted molar refractivity (Wildman–Crippen MR) is 162 cm³/mol. The Balaban J connectivity index is 1.26. The molecule has 1 saturated carbocycles. The van der Waals surface area contributed by atoms with Crippen molar-refractivity contribution < 1.29 is 29.0 Å². The van der Waals surface area contributed by atoms with Crippen molar-refractivity contribution in [2.45, 2.75) is 63.5 Å². The van der Waals surface area contributed by atoms with Gasteiger partial charge in [-0.15, -0.1) is 0 Å². The molecular weight excluding hydrogens is 610 g/mol. The van der Waals surface area contributed by atoms with Crippen LogP contribution in [0, 0.1) is 17.8 Å². The second-order valence-corrected chi connectivity index (χ2v) is 13.1. The SMILES string of the molecule is O=C1C=C(Br)C(=O)C2=C1C(c1ccc(OCc3ccccc3)cc1O)C1=CCC3C(=O)N(C4CCCCC4)C(=O)C3C1C2. The molecule has 2 aromatic rings. The topological polar surface area (TPSA) is 101 Å². The number of benzene rings is 2. The van der Waals surface area contributed by atoms with Gasteiger partial charge in [-0.1, -0.05) is 67.3 Å². The van der Waals surface area contributed by atoms with Crippen LogP contribution < -0.4 is 4.74 Å². The second-order valence-electron chi connectivity index (χ2n) is 12.2. The van der Waals surface area contributed by atoms with Crippen LogP contribution in [0.15, 0.2) is 81.9 Å². The smallest absolute Gasteiger partial charge is 0.233 e. The molecule has 1 heterocycles. The van der Waals surface area contributed by atoms with E-state index in [4.69, 9.17) is 4.74 Å². The molecule has 7 rings (SSSR count). The first-order valence-electron chi connectivity index (χ1n) is 15.1. The number of ketones is 2. The van der Waals surface area contributed by atoms with Gasteiger partial charge in [0.25, 0.3) is 0 Å². The van der Waals surface area contributed by atoms with E-state index in [2.05, 4.69) is 15.9 Å². The Labute approximate surface area is 258 Å². The molecule has 4 aliphatic carbocycles. The van der Waals surface area contributed by atoms with Crippen LogP contribution >= 0.6 is 15.9 Å². The van der Waals surface area contributed by atoms with Gasteiger partial charge in [-0.3, -0.25) is 24.1 Å². The molecule has 5 aliphatic rings. The van der Waals surface area contributed by atoms with Crippen molar-refractivity contribution in [3.63, 3.8) is 0 Å². The number of imide groups is 1. The molecule has 220 valence electrons. The average Bonchev–Trinajstić information content (AvgIpc) is 3.28. The Morgan fingerprint density at radius 3 is 2.44 bits per heavy atom. The number of phenolic OH excluding ortho intramolecular Hbond substituents is 1. The summed E-state index contributed by atoms with van der Waals surface area (Å²) in [7, 11) is 0. The maximum Gasteiger partial charge on any atom is 0.233 e. The molecular formula is C35H32BrNO6. The summed E-state index contributed by atoms with van der Waals surface area (Å²) in [5.74, 6) is -2.62. The molecule has 2 aromatic carbocycles. The van der Waals surface area contributed by atoms with E-state index in [0.717, 1.165) is 43.2 Å². The number of hydrogen-bond donors (Lipinski definition) is 1. The third-order valence-corrected chi connectivity index (χ3v) is 10.5. The summed E-state index contributed by atoms with van der Waals surface area (Å²) in [6, 6.07) is 14.6. The number of ether oxygens (including phenoxy) is 1. The van der Waals surface area contributed by atoms with E-state index in [1.54, 1.807) is 12.1 Å². The van der Waals surface area contributed by atoms with Gasteiger partial charge in [0.1, 0.15) is 18.1 Å². The molecule has 7 nitrogen and oxygen atoms in total. The van der Waals surface area contributed by atoms with Gasteiger partial charge in [0, 0.05) is 40.8 Å². The number of likely N-dealkylation sites (tertiary alicyclic amines) is 1. The van der Waals surface area contributed by atoms with Gasteiger partial charge < -0.3 is 9.84 Å². The lowest BCUT2D eigenvalue weighted by atomic mass is 9.59. The standard InChI is InChI=1S/C35H32BrNO6/c36-27-17-29(39)32-26(33(27)40)16-25-22(13-14-24-31(25)35(42)37(34(24)41)20-9-5-2-6-10-20)30(32)23-12-11-21(15-28(23)38)43-18-19-7-3-1-4-8-19/h1,3-4,7-8,11-13,15,17,20,24-25,30-31,38H,2,5-6,9-10,14,16,18H2. The molecule has 0 bridgehead atoms. The molecule has 2 amide bonds. The Morgan fingerprint density at radius 1 is 0.930 bits per heavy atom. The fraction of sp³-hybridized carbons (Fsp3) is 0.371. The number of amides is 2. The zero-order chi connectivity index (χ0) is 29.8. The molecule has 2 fully saturated rings. The Bertz CT molecular complexity index is 1630. The monoisotopic (exact) mass is 641 g/mol. The fourth-order valence-corrected chi connectivity index (χ4v) is 8.33. The largest absolute Gasteiger partial charge is 0.507 e. The third-order valence-electron chi connectivity index (χ3n) is 9.87. The Hall–Kier alpha value is -3.78. The minimum atomic E-state index is -0.710. The maximum atomic E-state index is 14.0. The average molecular weight is 643 g/mol. The van der Waals surface area contributed by atoms with Gasteiger partial charge in [0.05, 0.1) is 16.3 Å². The summed E-state index contributed by atoms with van der Waals surface area (Å²) in [4.78, 5) is 56.2. The molecule has 43 heavy (non-hydrogen) atoms. The number of halogens is 1. The molecule has 1 aliphatic heterocycles. The second kappa shape index (κ2) is 11.1. The highest BCUT2D eigenvalue weighted by Gasteiger charge is 2.57. The Morgan fingerprint density at radius 2 is 1.70 bits per heavy atom. The fourth-order valence-electron chi connectivity index (χ4n) is 7.88. The van der Waals surface area contributed by atoms with Gasteiger partial charge >= 0.3 is 0 Å². The summed E-state index contributed by atoms with van der Waals surface area (Å²) in [5, 5.41) is 11.3. The third kappa shape index (κ3) is 4.71. The van der Waals surface area contributed by atoms with Crippen molar-refractivity contribution in [3.05, 3.63) is 93.0 Å². The number of hydrogen-bond acceptors (Lipinski definition) is 6. The predicted octanol–water partition coefficient (Wildman–Crippen LogP) is 6.07. The first-order valence-corrected chi connectivity index (χ1v) is 15.9. The lowest BCUT2D eigenvalue weighted by Gasteiger charge is -2.42. The molecule has 1 saturated heterocycles. The lowest BCUT2D eigenvalue weighted by molar-refractivity contribution is -0.143. The van der Waals surface area contributed by atoms with Crippen molar-refractivity contribution in [1.82, 2.24) is 4.90 Å². The quantitative estimate of drug-likeness (QED) is 0.242. The number of carbonyl (C=O) groups is 4. The van der Waals surface area contributed by atoms with E-state index in [1.807, 2.05) is 36.4 Å². The molecule has 4 atom stereocenters. The number of allylic oxidation sites excluding steroid dienone is 6. The van der Waals surface area contributed by atoms with Gasteiger partial charge in [-0.05, 0) is 59.2 Å². The molecule has 0 aromatic heterocycles. The van der Waals surface area contributed by atoms with Crippen LogP contribution in [0.5, 0.6) is 11.5 Å². The van der Waals surface area contributed by atoms with Crippen LogP contribution in [0.4, 0.5) is 0 Å². The van der Waals surface area contributed by atoms with Crippen LogP contribution in [-0.2, 0) is 25.8 Å². The molecule has 0 spiro atoms. The first-order chi connectivity index (χ1) is 20.8. The van der Waals surface area contributed by atoms with Crippen LogP contribution in [0.1, 0.15) is 62.0 Å². The van der Waals surface area contributed by atoms with Crippen LogP contribution in [0.2, 0.25) is 0 Å². The number of fused-ring (bicyclic) bond motifs is 3. The zero-order valence-electron chi connectivity index (χ0n) is 23.6.